The highest BCUT2D eigenvalue weighted by atomic mass is 19.4. The first-order chi connectivity index (χ1) is 7.82. The fraction of sp³-hybridized carbons (Fsp3) is 0.273. The molecule has 1 rings (SSSR count). The molecule has 3 nitrogen and oxygen atoms in total. The Bertz CT molecular complexity index is 414. The Morgan fingerprint density at radius 1 is 1.18 bits per heavy atom. The standard InChI is InChI=1S/C11H10F3NO2/c1-15(10(17)11(12,13)14)7-9(16)8-5-3-2-4-6-8/h2-6H,7H2,1H3. The molecular formula is C11H10F3NO2. The van der Waals surface area contributed by atoms with E-state index in [9.17, 15) is 22.8 Å². The average Bonchev–Trinajstić information content (AvgIpc) is 2.27. The zero-order valence-corrected chi connectivity index (χ0v) is 8.99. The lowest BCUT2D eigenvalue weighted by Gasteiger charge is -2.17. The van der Waals surface area contributed by atoms with Crippen LogP contribution in [0.2, 0.25) is 0 Å². The number of carbonyl (C=O) groups excluding carboxylic acids is 2. The summed E-state index contributed by atoms with van der Waals surface area (Å²) in [4.78, 5) is 22.7. The van der Waals surface area contributed by atoms with E-state index in [1.165, 1.54) is 12.1 Å². The van der Waals surface area contributed by atoms with Gasteiger partial charge in [-0.2, -0.15) is 13.2 Å². The molecule has 0 radical (unpaired) electrons. The van der Waals surface area contributed by atoms with Crippen LogP contribution in [0, 0.1) is 0 Å². The van der Waals surface area contributed by atoms with Gasteiger partial charge in [-0.05, 0) is 0 Å². The number of hydrogen-bond acceptors (Lipinski definition) is 2. The van der Waals surface area contributed by atoms with E-state index in [-0.39, 0.29) is 5.56 Å². The van der Waals surface area contributed by atoms with Crippen LogP contribution in [-0.4, -0.2) is 36.4 Å². The van der Waals surface area contributed by atoms with Gasteiger partial charge in [-0.1, -0.05) is 30.3 Å². The Morgan fingerprint density at radius 2 is 1.71 bits per heavy atom. The third-order valence-electron chi connectivity index (χ3n) is 2.07. The van der Waals surface area contributed by atoms with Crippen LogP contribution in [0.4, 0.5) is 13.2 Å². The van der Waals surface area contributed by atoms with Gasteiger partial charge in [0.05, 0.1) is 6.54 Å². The van der Waals surface area contributed by atoms with Crippen molar-refractivity contribution >= 4 is 11.7 Å². The number of Topliss-reactive ketones (excluding diaryl/α,β-unsaturated/α-hetero) is 1. The maximum Gasteiger partial charge on any atom is 0.471 e. The molecule has 0 aliphatic carbocycles. The van der Waals surface area contributed by atoms with Crippen LogP contribution in [-0.2, 0) is 4.79 Å². The van der Waals surface area contributed by atoms with Crippen molar-refractivity contribution in [2.24, 2.45) is 0 Å². The van der Waals surface area contributed by atoms with E-state index in [0.29, 0.717) is 4.90 Å². The third-order valence-corrected chi connectivity index (χ3v) is 2.07. The Kier molecular flexibility index (Phi) is 3.88. The summed E-state index contributed by atoms with van der Waals surface area (Å²) in [6, 6.07) is 7.83. The van der Waals surface area contributed by atoms with Gasteiger partial charge in [-0.15, -0.1) is 0 Å². The molecule has 0 saturated carbocycles. The molecule has 6 heteroatoms. The normalized spacial score (nSPS) is 11.1. The summed E-state index contributed by atoms with van der Waals surface area (Å²) in [6.07, 6.45) is -4.95. The summed E-state index contributed by atoms with van der Waals surface area (Å²) in [5.74, 6) is -2.56. The maximum absolute atomic E-state index is 12.0. The Hall–Kier alpha value is -1.85. The summed E-state index contributed by atoms with van der Waals surface area (Å²) < 4.78 is 36.1. The lowest BCUT2D eigenvalue weighted by Crippen LogP contribution is -2.41. The number of halogens is 3. The summed E-state index contributed by atoms with van der Waals surface area (Å²) in [7, 11) is 0.941. The second-order valence-electron chi connectivity index (χ2n) is 3.45. The number of hydrogen-bond donors (Lipinski definition) is 0. The lowest BCUT2D eigenvalue weighted by molar-refractivity contribution is -0.183. The summed E-state index contributed by atoms with van der Waals surface area (Å²) in [6.45, 7) is -0.595. The first-order valence-corrected chi connectivity index (χ1v) is 4.73. The van der Waals surface area contributed by atoms with Crippen LogP contribution in [0.5, 0.6) is 0 Å². The molecule has 1 amide bonds. The highest BCUT2D eigenvalue weighted by Gasteiger charge is 2.41. The number of alkyl halides is 3. The zero-order valence-electron chi connectivity index (χ0n) is 8.99. The van der Waals surface area contributed by atoms with Crippen molar-refractivity contribution in [3.63, 3.8) is 0 Å². The first kappa shape index (κ1) is 13.2. The maximum atomic E-state index is 12.0. The van der Waals surface area contributed by atoms with E-state index in [0.717, 1.165) is 7.05 Å². The predicted molar refractivity (Wildman–Crippen MR) is 54.5 cm³/mol. The van der Waals surface area contributed by atoms with Crippen molar-refractivity contribution in [1.29, 1.82) is 0 Å². The van der Waals surface area contributed by atoms with Gasteiger partial charge in [0.15, 0.2) is 5.78 Å². The summed E-state index contributed by atoms with van der Waals surface area (Å²) in [5, 5.41) is 0. The quantitative estimate of drug-likeness (QED) is 0.762. The van der Waals surface area contributed by atoms with Crippen LogP contribution < -0.4 is 0 Å². The van der Waals surface area contributed by atoms with Gasteiger partial charge in [-0.25, -0.2) is 0 Å². The second kappa shape index (κ2) is 4.99. The molecule has 0 saturated heterocycles. The second-order valence-corrected chi connectivity index (χ2v) is 3.45. The highest BCUT2D eigenvalue weighted by Crippen LogP contribution is 2.17. The molecule has 92 valence electrons. The number of ketones is 1. The molecule has 0 fully saturated rings. The minimum Gasteiger partial charge on any atom is -0.330 e. The van der Waals surface area contributed by atoms with Crippen LogP contribution in [0.25, 0.3) is 0 Å². The number of likely N-dealkylation sites (N-methyl/N-ethyl adjacent to an activating group) is 1. The van der Waals surface area contributed by atoms with Crippen molar-refractivity contribution < 1.29 is 22.8 Å². The SMILES string of the molecule is CN(CC(=O)c1ccccc1)C(=O)C(F)(F)F. The molecule has 0 bridgehead atoms. The molecule has 0 unspecified atom stereocenters. The fourth-order valence-corrected chi connectivity index (χ4v) is 1.22. The van der Waals surface area contributed by atoms with Gasteiger partial charge in [0.2, 0.25) is 0 Å². The van der Waals surface area contributed by atoms with Crippen molar-refractivity contribution in [1.82, 2.24) is 4.90 Å². The molecule has 1 aromatic rings. The van der Waals surface area contributed by atoms with Crippen LogP contribution in [0.3, 0.4) is 0 Å². The number of nitrogens with zero attached hydrogens (tertiary/aromatic N) is 1. The number of amides is 1. The van der Waals surface area contributed by atoms with E-state index in [1.807, 2.05) is 0 Å². The third kappa shape index (κ3) is 3.58. The van der Waals surface area contributed by atoms with Gasteiger partial charge in [0.25, 0.3) is 0 Å². The van der Waals surface area contributed by atoms with Gasteiger partial charge < -0.3 is 4.90 Å². The van der Waals surface area contributed by atoms with Crippen molar-refractivity contribution in [3.8, 4) is 0 Å². The number of benzene rings is 1. The molecule has 0 aromatic heterocycles. The van der Waals surface area contributed by atoms with E-state index >= 15 is 0 Å². The molecule has 1 aromatic carbocycles. The van der Waals surface area contributed by atoms with Crippen molar-refractivity contribution in [3.05, 3.63) is 35.9 Å². The molecule has 0 heterocycles. The molecule has 17 heavy (non-hydrogen) atoms. The van der Waals surface area contributed by atoms with E-state index in [2.05, 4.69) is 0 Å². The first-order valence-electron chi connectivity index (χ1n) is 4.73. The molecule has 0 N–H and O–H groups in total. The Morgan fingerprint density at radius 3 is 2.18 bits per heavy atom. The van der Waals surface area contributed by atoms with Gasteiger partial charge in [-0.3, -0.25) is 9.59 Å². The van der Waals surface area contributed by atoms with E-state index < -0.39 is 24.4 Å². The highest BCUT2D eigenvalue weighted by molar-refractivity contribution is 5.99. The molecule has 0 atom stereocenters. The molecule has 0 aliphatic rings. The Labute approximate surface area is 95.8 Å². The monoisotopic (exact) mass is 245 g/mol. The summed E-state index contributed by atoms with van der Waals surface area (Å²) >= 11 is 0. The van der Waals surface area contributed by atoms with Crippen molar-refractivity contribution in [2.75, 3.05) is 13.6 Å². The topological polar surface area (TPSA) is 37.4 Å². The zero-order chi connectivity index (χ0) is 13.1. The van der Waals surface area contributed by atoms with Crippen LogP contribution >= 0.6 is 0 Å². The average molecular weight is 245 g/mol. The molecule has 0 aliphatic heterocycles. The van der Waals surface area contributed by atoms with E-state index in [1.54, 1.807) is 18.2 Å². The van der Waals surface area contributed by atoms with Gasteiger partial charge >= 0.3 is 12.1 Å². The van der Waals surface area contributed by atoms with Crippen LogP contribution in [0.1, 0.15) is 10.4 Å². The van der Waals surface area contributed by atoms with Gasteiger partial charge in [0.1, 0.15) is 0 Å². The molecular weight excluding hydrogens is 235 g/mol. The Balaban J connectivity index is 2.68. The number of rotatable bonds is 3. The molecule has 0 spiro atoms. The predicted octanol–water partition coefficient (Wildman–Crippen LogP) is 1.89. The van der Waals surface area contributed by atoms with Crippen molar-refractivity contribution in [2.45, 2.75) is 6.18 Å². The van der Waals surface area contributed by atoms with Gasteiger partial charge in [0, 0.05) is 12.6 Å². The smallest absolute Gasteiger partial charge is 0.330 e. The number of carbonyl (C=O) groups is 2. The summed E-state index contributed by atoms with van der Waals surface area (Å²) in [5.41, 5.74) is 0.273. The fourth-order valence-electron chi connectivity index (χ4n) is 1.22. The largest absolute Gasteiger partial charge is 0.471 e. The minimum atomic E-state index is -4.95. The van der Waals surface area contributed by atoms with E-state index in [4.69, 9.17) is 0 Å². The lowest BCUT2D eigenvalue weighted by atomic mass is 10.1. The van der Waals surface area contributed by atoms with Crippen LogP contribution in [0.15, 0.2) is 30.3 Å². The minimum absolute atomic E-state index is 0.273.